The number of H-pyrrole nitrogens is 1. The summed E-state index contributed by atoms with van der Waals surface area (Å²) in [7, 11) is 1.98. The fourth-order valence-corrected chi connectivity index (χ4v) is 2.25. The minimum Gasteiger partial charge on any atom is -0.361 e. The molecule has 0 atom stereocenters. The minimum atomic E-state index is 0.574. The SMILES string of the molecule is Cn1cnc(Cc2c[nH]c3ccc(CN)cc23)c1. The first-order valence-corrected chi connectivity index (χ1v) is 6.02. The van der Waals surface area contributed by atoms with E-state index in [1.807, 2.05) is 24.1 Å². The highest BCUT2D eigenvalue weighted by molar-refractivity contribution is 5.84. The molecule has 0 aliphatic carbocycles. The Bertz CT molecular complexity index is 678. The Morgan fingerprint density at radius 3 is 3.00 bits per heavy atom. The van der Waals surface area contributed by atoms with Crippen LogP contribution in [0, 0.1) is 0 Å². The summed E-state index contributed by atoms with van der Waals surface area (Å²) in [6.45, 7) is 0.574. The van der Waals surface area contributed by atoms with E-state index in [2.05, 4.69) is 34.4 Å². The van der Waals surface area contributed by atoms with Crippen molar-refractivity contribution >= 4 is 10.9 Å². The van der Waals surface area contributed by atoms with Gasteiger partial charge in [0.05, 0.1) is 12.0 Å². The molecule has 0 amide bonds. The van der Waals surface area contributed by atoms with Gasteiger partial charge >= 0.3 is 0 Å². The molecule has 4 nitrogen and oxygen atoms in total. The summed E-state index contributed by atoms with van der Waals surface area (Å²) in [4.78, 5) is 7.66. The van der Waals surface area contributed by atoms with Crippen LogP contribution in [0.1, 0.15) is 16.8 Å². The van der Waals surface area contributed by atoms with Crippen molar-refractivity contribution < 1.29 is 0 Å². The molecule has 3 N–H and O–H groups in total. The van der Waals surface area contributed by atoms with E-state index < -0.39 is 0 Å². The molecule has 2 aromatic heterocycles. The highest BCUT2D eigenvalue weighted by Crippen LogP contribution is 2.21. The van der Waals surface area contributed by atoms with Crippen molar-refractivity contribution in [2.75, 3.05) is 0 Å². The number of aromatic nitrogens is 3. The van der Waals surface area contributed by atoms with Crippen molar-refractivity contribution in [2.24, 2.45) is 12.8 Å². The van der Waals surface area contributed by atoms with Crippen LogP contribution in [-0.2, 0) is 20.0 Å². The Labute approximate surface area is 105 Å². The van der Waals surface area contributed by atoms with E-state index >= 15 is 0 Å². The zero-order valence-corrected chi connectivity index (χ0v) is 10.4. The fourth-order valence-electron chi connectivity index (χ4n) is 2.25. The largest absolute Gasteiger partial charge is 0.361 e. The molecule has 3 rings (SSSR count). The molecule has 0 unspecified atom stereocenters. The molecule has 18 heavy (non-hydrogen) atoms. The van der Waals surface area contributed by atoms with Crippen molar-refractivity contribution in [2.45, 2.75) is 13.0 Å². The number of aromatic amines is 1. The first-order valence-electron chi connectivity index (χ1n) is 6.02. The van der Waals surface area contributed by atoms with E-state index in [-0.39, 0.29) is 0 Å². The Hall–Kier alpha value is -2.07. The van der Waals surface area contributed by atoms with Gasteiger partial charge in [-0.2, -0.15) is 0 Å². The highest BCUT2D eigenvalue weighted by Gasteiger charge is 2.06. The molecule has 1 aromatic carbocycles. The number of benzene rings is 1. The van der Waals surface area contributed by atoms with Gasteiger partial charge in [-0.15, -0.1) is 0 Å². The average molecular weight is 240 g/mol. The monoisotopic (exact) mass is 240 g/mol. The summed E-state index contributed by atoms with van der Waals surface area (Å²) < 4.78 is 1.97. The number of nitrogens with zero attached hydrogens (tertiary/aromatic N) is 2. The lowest BCUT2D eigenvalue weighted by molar-refractivity contribution is 0.912. The maximum Gasteiger partial charge on any atom is 0.0946 e. The Balaban J connectivity index is 2.01. The molecule has 0 radical (unpaired) electrons. The summed E-state index contributed by atoms with van der Waals surface area (Å²) in [5.41, 5.74) is 10.3. The molecule has 0 spiro atoms. The highest BCUT2D eigenvalue weighted by atomic mass is 15.0. The smallest absolute Gasteiger partial charge is 0.0946 e. The third kappa shape index (κ3) is 1.91. The van der Waals surface area contributed by atoms with E-state index in [0.29, 0.717) is 6.54 Å². The second kappa shape index (κ2) is 4.31. The van der Waals surface area contributed by atoms with E-state index in [1.54, 1.807) is 0 Å². The Morgan fingerprint density at radius 2 is 2.28 bits per heavy atom. The molecule has 0 saturated heterocycles. The average Bonchev–Trinajstić information content (AvgIpc) is 2.96. The molecule has 0 aliphatic heterocycles. The summed E-state index contributed by atoms with van der Waals surface area (Å²) >= 11 is 0. The number of imidazole rings is 1. The van der Waals surface area contributed by atoms with Crippen LogP contribution in [0.5, 0.6) is 0 Å². The summed E-state index contributed by atoms with van der Waals surface area (Å²) in [6.07, 6.45) is 6.77. The molecule has 3 aromatic rings. The maximum atomic E-state index is 5.69. The van der Waals surface area contributed by atoms with Crippen molar-refractivity contribution in [3.63, 3.8) is 0 Å². The fraction of sp³-hybridized carbons (Fsp3) is 0.214. The molecule has 0 fully saturated rings. The van der Waals surface area contributed by atoms with Crippen LogP contribution < -0.4 is 5.73 Å². The summed E-state index contributed by atoms with van der Waals surface area (Å²) in [6, 6.07) is 6.30. The third-order valence-corrected chi connectivity index (χ3v) is 3.20. The zero-order valence-electron chi connectivity index (χ0n) is 10.4. The third-order valence-electron chi connectivity index (χ3n) is 3.20. The zero-order chi connectivity index (χ0) is 12.5. The molecule has 0 aliphatic rings. The first-order chi connectivity index (χ1) is 8.76. The number of nitrogens with two attached hydrogens (primary N) is 1. The summed E-state index contributed by atoms with van der Waals surface area (Å²) in [5.74, 6) is 0. The minimum absolute atomic E-state index is 0.574. The number of aryl methyl sites for hydroxylation is 1. The first kappa shape index (κ1) is 11.0. The van der Waals surface area contributed by atoms with Gasteiger partial charge in [0.25, 0.3) is 0 Å². The molecule has 2 heterocycles. The second-order valence-corrected chi connectivity index (χ2v) is 4.61. The quantitative estimate of drug-likeness (QED) is 0.735. The van der Waals surface area contributed by atoms with Gasteiger partial charge in [0.15, 0.2) is 0 Å². The van der Waals surface area contributed by atoms with Crippen molar-refractivity contribution in [1.29, 1.82) is 0 Å². The van der Waals surface area contributed by atoms with Crippen molar-refractivity contribution in [3.05, 3.63) is 53.7 Å². The van der Waals surface area contributed by atoms with Crippen LogP contribution in [0.4, 0.5) is 0 Å². The summed E-state index contributed by atoms with van der Waals surface area (Å²) in [5, 5.41) is 1.24. The number of hydrogen-bond acceptors (Lipinski definition) is 2. The number of nitrogens with one attached hydrogen (secondary N) is 1. The predicted octanol–water partition coefficient (Wildman–Crippen LogP) is 1.95. The Kier molecular flexibility index (Phi) is 2.64. The standard InChI is InChI=1S/C14H16N4/c1-18-8-12(17-9-18)5-11-7-16-14-3-2-10(6-15)4-13(11)14/h2-4,7-9,16H,5-6,15H2,1H3. The van der Waals surface area contributed by atoms with Gasteiger partial charge in [0, 0.05) is 43.3 Å². The van der Waals surface area contributed by atoms with Gasteiger partial charge < -0.3 is 15.3 Å². The normalized spacial score (nSPS) is 11.2. The topological polar surface area (TPSA) is 59.6 Å². The second-order valence-electron chi connectivity index (χ2n) is 4.61. The lowest BCUT2D eigenvalue weighted by Gasteiger charge is -1.99. The molecular formula is C14H16N4. The number of hydrogen-bond donors (Lipinski definition) is 2. The number of rotatable bonds is 3. The maximum absolute atomic E-state index is 5.69. The van der Waals surface area contributed by atoms with E-state index in [9.17, 15) is 0 Å². The molecular weight excluding hydrogens is 224 g/mol. The van der Waals surface area contributed by atoms with Gasteiger partial charge in [0.1, 0.15) is 0 Å². The van der Waals surface area contributed by atoms with Crippen LogP contribution in [-0.4, -0.2) is 14.5 Å². The van der Waals surface area contributed by atoms with Gasteiger partial charge in [0.2, 0.25) is 0 Å². The lowest BCUT2D eigenvalue weighted by Crippen LogP contribution is -1.95. The predicted molar refractivity (Wildman–Crippen MR) is 72.2 cm³/mol. The Morgan fingerprint density at radius 1 is 1.39 bits per heavy atom. The molecule has 0 bridgehead atoms. The molecule has 4 heteroatoms. The molecule has 92 valence electrons. The van der Waals surface area contributed by atoms with Gasteiger partial charge in [-0.3, -0.25) is 0 Å². The van der Waals surface area contributed by atoms with E-state index in [4.69, 9.17) is 5.73 Å². The van der Waals surface area contributed by atoms with Crippen LogP contribution >= 0.6 is 0 Å². The van der Waals surface area contributed by atoms with Crippen molar-refractivity contribution in [1.82, 2.24) is 14.5 Å². The van der Waals surface area contributed by atoms with Crippen LogP contribution in [0.15, 0.2) is 36.9 Å². The van der Waals surface area contributed by atoms with Crippen LogP contribution in [0.2, 0.25) is 0 Å². The van der Waals surface area contributed by atoms with Gasteiger partial charge in [-0.05, 0) is 23.3 Å². The van der Waals surface area contributed by atoms with E-state index in [0.717, 1.165) is 23.2 Å². The van der Waals surface area contributed by atoms with Crippen molar-refractivity contribution in [3.8, 4) is 0 Å². The van der Waals surface area contributed by atoms with Crippen LogP contribution in [0.3, 0.4) is 0 Å². The van der Waals surface area contributed by atoms with Gasteiger partial charge in [-0.1, -0.05) is 6.07 Å². The van der Waals surface area contributed by atoms with E-state index in [1.165, 1.54) is 10.9 Å². The van der Waals surface area contributed by atoms with Gasteiger partial charge in [-0.25, -0.2) is 4.98 Å². The molecule has 0 saturated carbocycles. The lowest BCUT2D eigenvalue weighted by atomic mass is 10.1. The number of fused-ring (bicyclic) bond motifs is 1. The van der Waals surface area contributed by atoms with Crippen LogP contribution in [0.25, 0.3) is 10.9 Å².